The Hall–Kier alpha value is -1.78. The molecule has 0 aromatic carbocycles. The Labute approximate surface area is 131 Å². The largest absolute Gasteiger partial charge is 0.354 e. The zero-order valence-electron chi connectivity index (χ0n) is 13.0. The molecule has 1 saturated carbocycles. The van der Waals surface area contributed by atoms with Gasteiger partial charge >= 0.3 is 0 Å². The zero-order valence-corrected chi connectivity index (χ0v) is 13.0. The van der Waals surface area contributed by atoms with Gasteiger partial charge in [-0.05, 0) is 31.4 Å². The molecule has 2 heterocycles. The molecule has 1 aliphatic carbocycles. The van der Waals surface area contributed by atoms with Gasteiger partial charge in [0.1, 0.15) is 0 Å². The van der Waals surface area contributed by atoms with Crippen molar-refractivity contribution in [1.82, 2.24) is 14.8 Å². The molecule has 1 unspecified atom stereocenters. The molecule has 1 saturated heterocycles. The summed E-state index contributed by atoms with van der Waals surface area (Å²) in [5.41, 5.74) is 0. The summed E-state index contributed by atoms with van der Waals surface area (Å²) in [5.74, 6) is 0.300. The van der Waals surface area contributed by atoms with Gasteiger partial charge in [0.2, 0.25) is 11.8 Å². The Morgan fingerprint density at radius 3 is 2.64 bits per heavy atom. The number of hydrogen-bond acceptors (Lipinski definition) is 2. The van der Waals surface area contributed by atoms with E-state index in [2.05, 4.69) is 9.88 Å². The molecule has 22 heavy (non-hydrogen) atoms. The highest BCUT2D eigenvalue weighted by atomic mass is 16.2. The van der Waals surface area contributed by atoms with E-state index >= 15 is 0 Å². The third-order valence-electron chi connectivity index (χ3n) is 4.92. The second-order valence-electron chi connectivity index (χ2n) is 6.43. The normalized spacial score (nSPS) is 23.0. The van der Waals surface area contributed by atoms with E-state index in [0.29, 0.717) is 32.0 Å². The van der Waals surface area contributed by atoms with Gasteiger partial charge in [-0.3, -0.25) is 9.59 Å². The average molecular weight is 303 g/mol. The van der Waals surface area contributed by atoms with Crippen molar-refractivity contribution in [3.05, 3.63) is 24.5 Å². The quantitative estimate of drug-likeness (QED) is 0.901. The van der Waals surface area contributed by atoms with E-state index in [-0.39, 0.29) is 17.7 Å². The summed E-state index contributed by atoms with van der Waals surface area (Å²) in [5, 5.41) is 3.02. The highest BCUT2D eigenvalue weighted by molar-refractivity contribution is 5.84. The summed E-state index contributed by atoms with van der Waals surface area (Å²) in [7, 11) is 0. The van der Waals surface area contributed by atoms with Gasteiger partial charge in [-0.2, -0.15) is 0 Å². The second-order valence-corrected chi connectivity index (χ2v) is 6.43. The van der Waals surface area contributed by atoms with Gasteiger partial charge in [0, 0.05) is 44.5 Å². The number of carbonyl (C=O) groups is 2. The molecule has 2 fully saturated rings. The van der Waals surface area contributed by atoms with Crippen LogP contribution >= 0.6 is 0 Å². The Balaban J connectivity index is 1.48. The van der Waals surface area contributed by atoms with E-state index in [9.17, 15) is 9.59 Å². The number of hydrogen-bond donors (Lipinski definition) is 1. The standard InChI is InChI=1S/C17H25N3O2/c21-16-8-7-14(13-20(16)15-5-1-2-6-15)17(22)18-9-12-19-10-3-4-11-19/h3-4,10-11,14-15H,1-2,5-9,12-13H2,(H,18,22). The molecule has 5 heteroatoms. The molecule has 1 aromatic heterocycles. The number of rotatable bonds is 5. The zero-order chi connectivity index (χ0) is 15.4. The van der Waals surface area contributed by atoms with E-state index in [1.807, 2.05) is 29.4 Å². The average Bonchev–Trinajstić information content (AvgIpc) is 3.21. The first-order chi connectivity index (χ1) is 10.7. The summed E-state index contributed by atoms with van der Waals surface area (Å²) >= 11 is 0. The van der Waals surface area contributed by atoms with E-state index in [0.717, 1.165) is 19.4 Å². The monoisotopic (exact) mass is 303 g/mol. The molecule has 1 aromatic rings. The van der Waals surface area contributed by atoms with Crippen LogP contribution in [0.5, 0.6) is 0 Å². The number of aromatic nitrogens is 1. The third-order valence-corrected chi connectivity index (χ3v) is 4.92. The topological polar surface area (TPSA) is 54.3 Å². The van der Waals surface area contributed by atoms with Gasteiger partial charge in [-0.15, -0.1) is 0 Å². The summed E-state index contributed by atoms with van der Waals surface area (Å²) in [6, 6.07) is 4.34. The van der Waals surface area contributed by atoms with Crippen molar-refractivity contribution in [3.8, 4) is 0 Å². The summed E-state index contributed by atoms with van der Waals surface area (Å²) in [6.07, 6.45) is 9.83. The lowest BCUT2D eigenvalue weighted by atomic mass is 9.95. The first-order valence-corrected chi connectivity index (χ1v) is 8.42. The van der Waals surface area contributed by atoms with Crippen LogP contribution in [-0.2, 0) is 16.1 Å². The van der Waals surface area contributed by atoms with E-state index < -0.39 is 0 Å². The maximum absolute atomic E-state index is 12.3. The van der Waals surface area contributed by atoms with Crippen molar-refractivity contribution in [1.29, 1.82) is 0 Å². The Morgan fingerprint density at radius 2 is 1.91 bits per heavy atom. The summed E-state index contributed by atoms with van der Waals surface area (Å²) in [6.45, 7) is 2.04. The van der Waals surface area contributed by atoms with Crippen LogP contribution in [0.25, 0.3) is 0 Å². The lowest BCUT2D eigenvalue weighted by molar-refractivity contribution is -0.140. The molecule has 0 bridgehead atoms. The van der Waals surface area contributed by atoms with Crippen LogP contribution in [0.15, 0.2) is 24.5 Å². The van der Waals surface area contributed by atoms with E-state index in [4.69, 9.17) is 0 Å². The molecule has 3 rings (SSSR count). The number of nitrogens with one attached hydrogen (secondary N) is 1. The fourth-order valence-electron chi connectivity index (χ4n) is 3.63. The third kappa shape index (κ3) is 3.51. The lowest BCUT2D eigenvalue weighted by Crippen LogP contribution is -2.49. The van der Waals surface area contributed by atoms with Crippen molar-refractivity contribution < 1.29 is 9.59 Å². The van der Waals surface area contributed by atoms with Crippen molar-refractivity contribution in [2.24, 2.45) is 5.92 Å². The van der Waals surface area contributed by atoms with E-state index in [1.165, 1.54) is 12.8 Å². The van der Waals surface area contributed by atoms with Gasteiger partial charge in [-0.1, -0.05) is 12.8 Å². The maximum atomic E-state index is 12.3. The van der Waals surface area contributed by atoms with Crippen molar-refractivity contribution >= 4 is 11.8 Å². The summed E-state index contributed by atoms with van der Waals surface area (Å²) in [4.78, 5) is 26.4. The molecule has 120 valence electrons. The van der Waals surface area contributed by atoms with Crippen LogP contribution in [0.4, 0.5) is 0 Å². The molecule has 0 radical (unpaired) electrons. The Kier molecular flexibility index (Phi) is 4.80. The van der Waals surface area contributed by atoms with Crippen LogP contribution in [0.2, 0.25) is 0 Å². The van der Waals surface area contributed by atoms with Crippen molar-refractivity contribution in [2.75, 3.05) is 13.1 Å². The minimum absolute atomic E-state index is 0.0389. The fraction of sp³-hybridized carbons (Fsp3) is 0.647. The number of likely N-dealkylation sites (tertiary alicyclic amines) is 1. The molecule has 0 spiro atoms. The van der Waals surface area contributed by atoms with Crippen LogP contribution in [-0.4, -0.2) is 40.4 Å². The Bertz CT molecular complexity index is 506. The van der Waals surface area contributed by atoms with Crippen LogP contribution in [0, 0.1) is 5.92 Å². The highest BCUT2D eigenvalue weighted by Crippen LogP contribution is 2.28. The lowest BCUT2D eigenvalue weighted by Gasteiger charge is -2.36. The highest BCUT2D eigenvalue weighted by Gasteiger charge is 2.34. The minimum Gasteiger partial charge on any atom is -0.354 e. The number of amides is 2. The molecule has 2 amide bonds. The smallest absolute Gasteiger partial charge is 0.224 e. The predicted octanol–water partition coefficient (Wildman–Crippen LogP) is 1.79. The van der Waals surface area contributed by atoms with Crippen molar-refractivity contribution in [3.63, 3.8) is 0 Å². The molecule has 5 nitrogen and oxygen atoms in total. The maximum Gasteiger partial charge on any atom is 0.224 e. The predicted molar refractivity (Wildman–Crippen MR) is 84.1 cm³/mol. The first-order valence-electron chi connectivity index (χ1n) is 8.42. The van der Waals surface area contributed by atoms with Crippen LogP contribution < -0.4 is 5.32 Å². The second kappa shape index (κ2) is 6.99. The van der Waals surface area contributed by atoms with Crippen LogP contribution in [0.1, 0.15) is 38.5 Å². The fourth-order valence-corrected chi connectivity index (χ4v) is 3.63. The van der Waals surface area contributed by atoms with Gasteiger partial charge in [0.15, 0.2) is 0 Å². The van der Waals surface area contributed by atoms with Gasteiger partial charge in [-0.25, -0.2) is 0 Å². The first kappa shape index (κ1) is 15.1. The number of carbonyl (C=O) groups excluding carboxylic acids is 2. The van der Waals surface area contributed by atoms with Gasteiger partial charge in [0.25, 0.3) is 0 Å². The van der Waals surface area contributed by atoms with Crippen molar-refractivity contribution in [2.45, 2.75) is 51.1 Å². The molecule has 1 N–H and O–H groups in total. The number of nitrogens with zero attached hydrogens (tertiary/aromatic N) is 2. The van der Waals surface area contributed by atoms with E-state index in [1.54, 1.807) is 0 Å². The Morgan fingerprint density at radius 1 is 1.18 bits per heavy atom. The van der Waals surface area contributed by atoms with Gasteiger partial charge in [0.05, 0.1) is 5.92 Å². The molecule has 2 aliphatic rings. The number of piperidine rings is 1. The molecular weight excluding hydrogens is 278 g/mol. The molecular formula is C17H25N3O2. The SMILES string of the molecule is O=C(NCCn1cccc1)C1CCC(=O)N(C2CCCC2)C1. The van der Waals surface area contributed by atoms with Gasteiger partial charge < -0.3 is 14.8 Å². The minimum atomic E-state index is -0.0389. The molecule has 1 atom stereocenters. The van der Waals surface area contributed by atoms with Crippen LogP contribution in [0.3, 0.4) is 0 Å². The summed E-state index contributed by atoms with van der Waals surface area (Å²) < 4.78 is 2.05. The molecule has 1 aliphatic heterocycles.